The van der Waals surface area contributed by atoms with Crippen LogP contribution in [0, 0.1) is 0 Å². The van der Waals surface area contributed by atoms with E-state index in [1.807, 2.05) is 24.2 Å². The second-order valence-electron chi connectivity index (χ2n) is 4.83. The summed E-state index contributed by atoms with van der Waals surface area (Å²) < 4.78 is 0. The summed E-state index contributed by atoms with van der Waals surface area (Å²) in [6.45, 7) is 2.22. The minimum absolute atomic E-state index is 0.371. The maximum absolute atomic E-state index is 4.10. The number of benzene rings is 1. The Morgan fingerprint density at radius 1 is 1.00 bits per heavy atom. The van der Waals surface area contributed by atoms with Crippen LogP contribution in [0.4, 0.5) is 0 Å². The monoisotopic (exact) mass is 286 g/mol. The first-order valence-electron chi connectivity index (χ1n) is 7.05. The van der Waals surface area contributed by atoms with Crippen LogP contribution in [0.15, 0.2) is 54.9 Å². The summed E-state index contributed by atoms with van der Waals surface area (Å²) in [5.41, 5.74) is 2.67. The molecule has 0 spiro atoms. The molecule has 0 fully saturated rings. The maximum atomic E-state index is 4.10. The van der Waals surface area contributed by atoms with Crippen molar-refractivity contribution in [3.8, 4) is 0 Å². The van der Waals surface area contributed by atoms with Crippen molar-refractivity contribution in [3.63, 3.8) is 0 Å². The van der Waals surface area contributed by atoms with Crippen LogP contribution >= 0.6 is 11.8 Å². The van der Waals surface area contributed by atoms with E-state index in [-0.39, 0.29) is 0 Å². The molecule has 20 heavy (non-hydrogen) atoms. The Morgan fingerprint density at radius 2 is 1.65 bits per heavy atom. The van der Waals surface area contributed by atoms with Gasteiger partial charge in [0.15, 0.2) is 0 Å². The fraction of sp³-hybridized carbons (Fsp3) is 0.353. The SMILES string of the molecule is CCC(NC(CSC)c1ccccc1)c1ccncc1. The number of hydrogen-bond donors (Lipinski definition) is 1. The third-order valence-corrected chi connectivity index (χ3v) is 4.12. The molecule has 2 atom stereocenters. The average Bonchev–Trinajstić information content (AvgIpc) is 2.53. The predicted molar refractivity (Wildman–Crippen MR) is 88.0 cm³/mol. The van der Waals surface area contributed by atoms with E-state index in [2.05, 4.69) is 65.9 Å². The average molecular weight is 286 g/mol. The molecule has 3 heteroatoms. The van der Waals surface area contributed by atoms with Gasteiger partial charge in [-0.1, -0.05) is 37.3 Å². The molecular weight excluding hydrogens is 264 g/mol. The van der Waals surface area contributed by atoms with Gasteiger partial charge in [-0.25, -0.2) is 0 Å². The van der Waals surface area contributed by atoms with Gasteiger partial charge in [-0.05, 0) is 35.9 Å². The van der Waals surface area contributed by atoms with Crippen LogP contribution in [0.25, 0.3) is 0 Å². The highest BCUT2D eigenvalue weighted by Gasteiger charge is 2.16. The first-order chi connectivity index (χ1) is 9.85. The van der Waals surface area contributed by atoms with E-state index < -0.39 is 0 Å². The molecule has 0 amide bonds. The summed E-state index contributed by atoms with van der Waals surface area (Å²) in [5, 5.41) is 3.79. The zero-order chi connectivity index (χ0) is 14.2. The van der Waals surface area contributed by atoms with Crippen LogP contribution < -0.4 is 5.32 Å². The van der Waals surface area contributed by atoms with Gasteiger partial charge in [0.2, 0.25) is 0 Å². The van der Waals surface area contributed by atoms with E-state index in [9.17, 15) is 0 Å². The minimum atomic E-state index is 0.371. The minimum Gasteiger partial charge on any atom is -0.302 e. The van der Waals surface area contributed by atoms with Crippen LogP contribution in [-0.2, 0) is 0 Å². The summed E-state index contributed by atoms with van der Waals surface area (Å²) in [7, 11) is 0. The van der Waals surface area contributed by atoms with Crippen molar-refractivity contribution in [3.05, 3.63) is 66.0 Å². The number of rotatable bonds is 7. The molecule has 2 rings (SSSR count). The fourth-order valence-corrected chi connectivity index (χ4v) is 3.00. The molecule has 2 nitrogen and oxygen atoms in total. The molecule has 0 saturated heterocycles. The lowest BCUT2D eigenvalue weighted by Gasteiger charge is -2.25. The molecule has 0 bridgehead atoms. The van der Waals surface area contributed by atoms with Gasteiger partial charge in [-0.3, -0.25) is 4.98 Å². The van der Waals surface area contributed by atoms with E-state index in [0.29, 0.717) is 12.1 Å². The Kier molecular flexibility index (Phi) is 6.09. The third-order valence-electron chi connectivity index (χ3n) is 3.45. The third kappa shape index (κ3) is 4.09. The molecule has 1 aromatic carbocycles. The standard InChI is InChI=1S/C17H22N2S/c1-3-16(15-9-11-18-12-10-15)19-17(13-20-2)14-7-5-4-6-8-14/h4-12,16-17,19H,3,13H2,1-2H3. The lowest BCUT2D eigenvalue weighted by Crippen LogP contribution is -2.27. The highest BCUT2D eigenvalue weighted by Crippen LogP contribution is 2.24. The summed E-state index contributed by atoms with van der Waals surface area (Å²) in [6, 6.07) is 15.6. The number of nitrogens with zero attached hydrogens (tertiary/aromatic N) is 1. The first kappa shape index (κ1) is 15.1. The molecule has 0 aliphatic heterocycles. The molecule has 1 N–H and O–H groups in total. The van der Waals surface area contributed by atoms with Gasteiger partial charge in [0.05, 0.1) is 0 Å². The van der Waals surface area contributed by atoms with Gasteiger partial charge in [-0.15, -0.1) is 0 Å². The molecule has 106 valence electrons. The largest absolute Gasteiger partial charge is 0.302 e. The van der Waals surface area contributed by atoms with Crippen LogP contribution in [0.2, 0.25) is 0 Å². The van der Waals surface area contributed by atoms with E-state index in [1.54, 1.807) is 0 Å². The molecule has 1 heterocycles. The lowest BCUT2D eigenvalue weighted by molar-refractivity contribution is 0.460. The van der Waals surface area contributed by atoms with Gasteiger partial charge in [0, 0.05) is 30.2 Å². The second kappa shape index (κ2) is 8.08. The molecule has 2 unspecified atom stereocenters. The second-order valence-corrected chi connectivity index (χ2v) is 5.74. The van der Waals surface area contributed by atoms with Crippen LogP contribution in [0.5, 0.6) is 0 Å². The van der Waals surface area contributed by atoms with Gasteiger partial charge < -0.3 is 5.32 Å². The van der Waals surface area contributed by atoms with Crippen molar-refractivity contribution in [2.45, 2.75) is 25.4 Å². The molecule has 0 radical (unpaired) electrons. The van der Waals surface area contributed by atoms with Gasteiger partial charge >= 0.3 is 0 Å². The summed E-state index contributed by atoms with van der Waals surface area (Å²) in [5.74, 6) is 1.07. The first-order valence-corrected chi connectivity index (χ1v) is 8.44. The number of aromatic nitrogens is 1. The zero-order valence-corrected chi connectivity index (χ0v) is 12.9. The van der Waals surface area contributed by atoms with Crippen molar-refractivity contribution >= 4 is 11.8 Å². The van der Waals surface area contributed by atoms with Crippen molar-refractivity contribution < 1.29 is 0 Å². The van der Waals surface area contributed by atoms with E-state index >= 15 is 0 Å². The quantitative estimate of drug-likeness (QED) is 0.824. The van der Waals surface area contributed by atoms with Gasteiger partial charge in [0.25, 0.3) is 0 Å². The highest BCUT2D eigenvalue weighted by atomic mass is 32.2. The number of pyridine rings is 1. The van der Waals surface area contributed by atoms with E-state index in [4.69, 9.17) is 0 Å². The highest BCUT2D eigenvalue weighted by molar-refractivity contribution is 7.98. The van der Waals surface area contributed by atoms with Gasteiger partial charge in [0.1, 0.15) is 0 Å². The van der Waals surface area contributed by atoms with E-state index in [1.165, 1.54) is 11.1 Å². The Labute approximate surface area is 126 Å². The normalized spacial score (nSPS) is 13.9. The molecule has 1 aromatic heterocycles. The fourth-order valence-electron chi connectivity index (χ4n) is 2.38. The zero-order valence-electron chi connectivity index (χ0n) is 12.1. The lowest BCUT2D eigenvalue weighted by atomic mass is 10.0. The molecule has 2 aromatic rings. The van der Waals surface area contributed by atoms with Crippen LogP contribution in [0.3, 0.4) is 0 Å². The van der Waals surface area contributed by atoms with Gasteiger partial charge in [-0.2, -0.15) is 11.8 Å². The van der Waals surface area contributed by atoms with E-state index in [0.717, 1.165) is 12.2 Å². The van der Waals surface area contributed by atoms with Crippen molar-refractivity contribution in [1.29, 1.82) is 0 Å². The Bertz CT molecular complexity index is 487. The van der Waals surface area contributed by atoms with Crippen molar-refractivity contribution in [2.24, 2.45) is 0 Å². The smallest absolute Gasteiger partial charge is 0.0416 e. The number of hydrogen-bond acceptors (Lipinski definition) is 3. The molecule has 0 aliphatic rings. The maximum Gasteiger partial charge on any atom is 0.0416 e. The topological polar surface area (TPSA) is 24.9 Å². The van der Waals surface area contributed by atoms with Crippen molar-refractivity contribution in [2.75, 3.05) is 12.0 Å². The van der Waals surface area contributed by atoms with Crippen LogP contribution in [-0.4, -0.2) is 17.0 Å². The summed E-state index contributed by atoms with van der Waals surface area (Å²) >= 11 is 1.88. The Balaban J connectivity index is 2.14. The predicted octanol–water partition coefficient (Wildman–Crippen LogP) is 4.23. The summed E-state index contributed by atoms with van der Waals surface area (Å²) in [4.78, 5) is 4.10. The molecule has 0 aliphatic carbocycles. The van der Waals surface area contributed by atoms with Crippen molar-refractivity contribution in [1.82, 2.24) is 10.3 Å². The number of thioether (sulfide) groups is 1. The summed E-state index contributed by atoms with van der Waals surface area (Å²) in [6.07, 6.45) is 6.96. The molecule has 0 saturated carbocycles. The van der Waals surface area contributed by atoms with Crippen LogP contribution in [0.1, 0.15) is 36.6 Å². The Morgan fingerprint density at radius 3 is 2.25 bits per heavy atom. The Hall–Kier alpha value is -1.32. The molecular formula is C17H22N2S. The number of nitrogens with one attached hydrogen (secondary N) is 1.